The molecule has 8 nitrogen and oxygen atoms in total. The van der Waals surface area contributed by atoms with Gasteiger partial charge in [0.2, 0.25) is 0 Å². The fourth-order valence-corrected chi connectivity index (χ4v) is 4.69. The summed E-state index contributed by atoms with van der Waals surface area (Å²) < 4.78 is 5.25. The minimum atomic E-state index is -0.761. The molecule has 2 aliphatic rings. The number of Topliss-reactive ketones (excluding diaryl/α,β-unsaturated/α-hetero) is 1. The number of nitrogens with zero attached hydrogens (tertiary/aromatic N) is 3. The van der Waals surface area contributed by atoms with Gasteiger partial charge in [0.25, 0.3) is 5.69 Å². The normalized spacial score (nSPS) is 19.8. The smallest absolute Gasteiger partial charge is 0.269 e. The maximum atomic E-state index is 13.5. The lowest BCUT2D eigenvalue weighted by Crippen LogP contribution is -2.42. The Bertz CT molecular complexity index is 1250. The number of hydrogen-bond donors (Lipinski definition) is 1. The monoisotopic (exact) mass is 444 g/mol. The molecule has 1 aliphatic heterocycles. The predicted octanol–water partition coefficient (Wildman–Crippen LogP) is 4.54. The quantitative estimate of drug-likeness (QED) is 0.542. The highest BCUT2D eigenvalue weighted by molar-refractivity contribution is 6.01. The fraction of sp³-hybridized carbons (Fsp3) is 0.280. The molecule has 2 aromatic carbocycles. The highest BCUT2D eigenvalue weighted by atomic mass is 16.6. The minimum Gasteiger partial charge on any atom is -0.497 e. The number of methoxy groups -OCH3 is 1. The van der Waals surface area contributed by atoms with Gasteiger partial charge >= 0.3 is 0 Å². The number of nitriles is 1. The number of rotatable bonds is 4. The molecule has 33 heavy (non-hydrogen) atoms. The summed E-state index contributed by atoms with van der Waals surface area (Å²) in [7, 11) is 1.57. The van der Waals surface area contributed by atoms with Crippen LogP contribution in [0.5, 0.6) is 5.75 Å². The van der Waals surface area contributed by atoms with Gasteiger partial charge < -0.3 is 10.5 Å². The van der Waals surface area contributed by atoms with Crippen molar-refractivity contribution in [3.05, 3.63) is 86.9 Å². The molecule has 0 saturated carbocycles. The first-order valence-electron chi connectivity index (χ1n) is 10.5. The molecule has 1 atom stereocenters. The van der Waals surface area contributed by atoms with Crippen molar-refractivity contribution in [2.45, 2.75) is 32.6 Å². The molecule has 0 aromatic heterocycles. The Labute approximate surface area is 191 Å². The van der Waals surface area contributed by atoms with E-state index in [-0.39, 0.29) is 28.3 Å². The third-order valence-electron chi connectivity index (χ3n) is 6.13. The van der Waals surface area contributed by atoms with Gasteiger partial charge in [-0.15, -0.1) is 0 Å². The third kappa shape index (κ3) is 3.82. The Hall–Kier alpha value is -4.12. The van der Waals surface area contributed by atoms with Crippen LogP contribution in [0.4, 0.5) is 11.4 Å². The van der Waals surface area contributed by atoms with Crippen molar-refractivity contribution in [3.63, 3.8) is 0 Å². The minimum absolute atomic E-state index is 0.0866. The van der Waals surface area contributed by atoms with E-state index >= 15 is 0 Å². The number of carbonyl (C=O) groups is 1. The number of nitro groups is 1. The van der Waals surface area contributed by atoms with Gasteiger partial charge in [-0.1, -0.05) is 26.0 Å². The Morgan fingerprint density at radius 2 is 1.91 bits per heavy atom. The lowest BCUT2D eigenvalue weighted by Gasteiger charge is -2.43. The van der Waals surface area contributed by atoms with E-state index < -0.39 is 10.8 Å². The van der Waals surface area contributed by atoms with E-state index in [9.17, 15) is 20.2 Å². The molecule has 2 N–H and O–H groups in total. The summed E-state index contributed by atoms with van der Waals surface area (Å²) in [5, 5.41) is 21.5. The zero-order valence-electron chi connectivity index (χ0n) is 18.7. The van der Waals surface area contributed by atoms with Crippen LogP contribution in [0.3, 0.4) is 0 Å². The zero-order chi connectivity index (χ0) is 23.9. The standard InChI is InChI=1S/C25H24N4O4/c1-25(2)12-20-23(21(30)13-25)22(15-5-4-6-17(11-15)29(31)32)19(14-26)24(27)28(20)16-7-9-18(33-3)10-8-16/h4-11,22H,12-13,27H2,1-3H3/t22-/m0/s1. The Balaban J connectivity index is 1.97. The molecule has 2 aromatic rings. The van der Waals surface area contributed by atoms with Crippen molar-refractivity contribution in [2.24, 2.45) is 11.1 Å². The molecule has 0 saturated heterocycles. The molecular formula is C25H24N4O4. The molecule has 0 unspecified atom stereocenters. The van der Waals surface area contributed by atoms with E-state index in [1.54, 1.807) is 36.3 Å². The van der Waals surface area contributed by atoms with E-state index in [0.717, 1.165) is 5.70 Å². The van der Waals surface area contributed by atoms with Crippen molar-refractivity contribution in [3.8, 4) is 11.8 Å². The number of hydrogen-bond acceptors (Lipinski definition) is 7. The SMILES string of the molecule is COc1ccc(N2C(N)=C(C#N)[C@H](c3cccc([N+](=O)[O-])c3)C3=C2CC(C)(C)CC3=O)cc1. The van der Waals surface area contributed by atoms with Crippen LogP contribution in [-0.4, -0.2) is 17.8 Å². The van der Waals surface area contributed by atoms with Crippen LogP contribution in [0.1, 0.15) is 38.2 Å². The third-order valence-corrected chi connectivity index (χ3v) is 6.13. The molecule has 8 heteroatoms. The van der Waals surface area contributed by atoms with E-state index in [1.165, 1.54) is 12.1 Å². The molecule has 4 rings (SSSR count). The topological polar surface area (TPSA) is 122 Å². The van der Waals surface area contributed by atoms with Crippen LogP contribution < -0.4 is 15.4 Å². The Morgan fingerprint density at radius 3 is 2.52 bits per heavy atom. The predicted molar refractivity (Wildman–Crippen MR) is 123 cm³/mol. The number of benzene rings is 2. The summed E-state index contributed by atoms with van der Waals surface area (Å²) in [5.74, 6) is 0.0329. The first-order valence-corrected chi connectivity index (χ1v) is 10.5. The van der Waals surface area contributed by atoms with Crippen LogP contribution >= 0.6 is 0 Å². The molecule has 1 aliphatic carbocycles. The van der Waals surface area contributed by atoms with Gasteiger partial charge in [0.05, 0.1) is 29.6 Å². The van der Waals surface area contributed by atoms with Crippen LogP contribution in [0, 0.1) is 26.9 Å². The summed E-state index contributed by atoms with van der Waals surface area (Å²) >= 11 is 0. The van der Waals surface area contributed by atoms with Gasteiger partial charge in [-0.3, -0.25) is 19.8 Å². The average Bonchev–Trinajstić information content (AvgIpc) is 2.78. The zero-order valence-corrected chi connectivity index (χ0v) is 18.7. The number of nitrogens with two attached hydrogens (primary N) is 1. The Morgan fingerprint density at radius 1 is 1.21 bits per heavy atom. The van der Waals surface area contributed by atoms with Gasteiger partial charge in [-0.25, -0.2) is 0 Å². The van der Waals surface area contributed by atoms with Gasteiger partial charge in [0, 0.05) is 35.5 Å². The fourth-order valence-electron chi connectivity index (χ4n) is 4.69. The van der Waals surface area contributed by atoms with Crippen molar-refractivity contribution in [1.29, 1.82) is 5.26 Å². The first-order chi connectivity index (χ1) is 15.7. The Kier molecular flexibility index (Phi) is 5.42. The molecule has 168 valence electrons. The molecule has 0 amide bonds. The summed E-state index contributed by atoms with van der Waals surface area (Å²) in [6.07, 6.45) is 0.872. The van der Waals surface area contributed by atoms with Crippen LogP contribution in [0.15, 0.2) is 71.2 Å². The number of nitro benzene ring substituents is 1. The maximum absolute atomic E-state index is 13.5. The van der Waals surface area contributed by atoms with Crippen LogP contribution in [0.2, 0.25) is 0 Å². The van der Waals surface area contributed by atoms with E-state index in [0.29, 0.717) is 35.4 Å². The lowest BCUT2D eigenvalue weighted by molar-refractivity contribution is -0.384. The van der Waals surface area contributed by atoms with Gasteiger partial charge in [-0.05, 0) is 41.7 Å². The van der Waals surface area contributed by atoms with Gasteiger partial charge in [0.1, 0.15) is 11.6 Å². The van der Waals surface area contributed by atoms with E-state index in [1.807, 2.05) is 26.0 Å². The van der Waals surface area contributed by atoms with Crippen molar-refractivity contribution in [1.82, 2.24) is 0 Å². The molecule has 0 radical (unpaired) electrons. The number of allylic oxidation sites excluding steroid dienone is 3. The summed E-state index contributed by atoms with van der Waals surface area (Å²) in [6, 6.07) is 15.5. The summed E-state index contributed by atoms with van der Waals surface area (Å²) in [4.78, 5) is 26.1. The van der Waals surface area contributed by atoms with Gasteiger partial charge in [0.15, 0.2) is 5.78 Å². The second kappa shape index (κ2) is 8.10. The number of carbonyl (C=O) groups excluding carboxylic acids is 1. The maximum Gasteiger partial charge on any atom is 0.269 e. The largest absolute Gasteiger partial charge is 0.497 e. The molecule has 1 heterocycles. The highest BCUT2D eigenvalue weighted by Crippen LogP contribution is 2.50. The number of ketones is 1. The van der Waals surface area contributed by atoms with Crippen LogP contribution in [0.25, 0.3) is 0 Å². The number of non-ortho nitro benzene ring substituents is 1. The highest BCUT2D eigenvalue weighted by Gasteiger charge is 2.44. The molecule has 0 bridgehead atoms. The second-order valence-corrected chi connectivity index (χ2v) is 9.03. The lowest BCUT2D eigenvalue weighted by atomic mass is 9.68. The van der Waals surface area contributed by atoms with Crippen molar-refractivity contribution < 1.29 is 14.5 Å². The van der Waals surface area contributed by atoms with Crippen molar-refractivity contribution >= 4 is 17.2 Å². The first kappa shape index (κ1) is 22.1. The number of ether oxygens (including phenoxy) is 1. The molecular weight excluding hydrogens is 420 g/mol. The summed E-state index contributed by atoms with van der Waals surface area (Å²) in [6.45, 7) is 4.03. The molecule has 0 fully saturated rings. The van der Waals surface area contributed by atoms with Crippen molar-refractivity contribution in [2.75, 3.05) is 12.0 Å². The second-order valence-electron chi connectivity index (χ2n) is 9.03. The van der Waals surface area contributed by atoms with Crippen LogP contribution in [-0.2, 0) is 4.79 Å². The van der Waals surface area contributed by atoms with E-state index in [2.05, 4.69) is 6.07 Å². The summed E-state index contributed by atoms with van der Waals surface area (Å²) in [5.41, 5.74) is 8.75. The van der Waals surface area contributed by atoms with E-state index in [4.69, 9.17) is 10.5 Å². The van der Waals surface area contributed by atoms with Gasteiger partial charge in [-0.2, -0.15) is 5.26 Å². The molecule has 0 spiro atoms. The average molecular weight is 444 g/mol. The number of anilines is 1.